The molecule has 4 rings (SSSR count). The van der Waals surface area contributed by atoms with Crippen molar-refractivity contribution in [2.75, 3.05) is 11.4 Å². The fraction of sp³-hybridized carbons (Fsp3) is 0.519. The Morgan fingerprint density at radius 1 is 0.967 bits per heavy atom. The lowest BCUT2D eigenvalue weighted by atomic mass is 9.76. The molecule has 0 amide bonds. The van der Waals surface area contributed by atoms with Gasteiger partial charge in [-0.25, -0.2) is 0 Å². The fourth-order valence-electron chi connectivity index (χ4n) is 5.19. The second-order valence-electron chi connectivity index (χ2n) is 9.48. The van der Waals surface area contributed by atoms with E-state index in [4.69, 9.17) is 4.74 Å². The fourth-order valence-corrected chi connectivity index (χ4v) is 5.19. The lowest BCUT2D eigenvalue weighted by Gasteiger charge is -2.46. The van der Waals surface area contributed by atoms with Crippen LogP contribution in [0.1, 0.15) is 76.2 Å². The van der Waals surface area contributed by atoms with Crippen LogP contribution in [-0.2, 0) is 12.5 Å². The van der Waals surface area contributed by atoms with E-state index in [0.29, 0.717) is 0 Å². The summed E-state index contributed by atoms with van der Waals surface area (Å²) in [6, 6.07) is 13.2. The molecule has 0 fully saturated rings. The molecule has 30 heavy (non-hydrogen) atoms. The van der Waals surface area contributed by atoms with Crippen molar-refractivity contribution in [3.63, 3.8) is 0 Å². The van der Waals surface area contributed by atoms with Crippen LogP contribution in [0.5, 0.6) is 5.75 Å². The van der Waals surface area contributed by atoms with Crippen LogP contribution < -0.4 is 14.2 Å². The van der Waals surface area contributed by atoms with Crippen LogP contribution in [0.15, 0.2) is 42.5 Å². The summed E-state index contributed by atoms with van der Waals surface area (Å²) >= 11 is 0. The summed E-state index contributed by atoms with van der Waals surface area (Å²) < 4.78 is 9.15. The number of benzene rings is 1. The molecule has 0 aliphatic carbocycles. The Balaban J connectivity index is 1.67. The van der Waals surface area contributed by atoms with Crippen molar-refractivity contribution < 1.29 is 9.30 Å². The number of aryl methyl sites for hydroxylation is 1. The second-order valence-corrected chi connectivity index (χ2v) is 9.48. The number of unbranched alkanes of at least 4 members (excludes halogenated alkanes) is 5. The van der Waals surface area contributed by atoms with Gasteiger partial charge in [-0.1, -0.05) is 57.2 Å². The van der Waals surface area contributed by atoms with E-state index in [2.05, 4.69) is 92.8 Å². The van der Waals surface area contributed by atoms with E-state index in [-0.39, 0.29) is 5.41 Å². The van der Waals surface area contributed by atoms with E-state index < -0.39 is 5.72 Å². The van der Waals surface area contributed by atoms with Gasteiger partial charge in [0.2, 0.25) is 11.4 Å². The van der Waals surface area contributed by atoms with Crippen LogP contribution in [0.25, 0.3) is 6.08 Å². The van der Waals surface area contributed by atoms with E-state index in [1.165, 1.54) is 55.5 Å². The minimum atomic E-state index is -0.491. The molecule has 0 bridgehead atoms. The van der Waals surface area contributed by atoms with Gasteiger partial charge in [-0.3, -0.25) is 0 Å². The van der Waals surface area contributed by atoms with Gasteiger partial charge in [-0.15, -0.1) is 0 Å². The number of fused-ring (bicyclic) bond motifs is 2. The first kappa shape index (κ1) is 21.0. The number of anilines is 1. The lowest BCUT2D eigenvalue weighted by Crippen LogP contribution is -2.60. The molecule has 2 aliphatic heterocycles. The number of para-hydroxylation sites is 1. The highest BCUT2D eigenvalue weighted by Gasteiger charge is 2.59. The van der Waals surface area contributed by atoms with Gasteiger partial charge in [0, 0.05) is 31.3 Å². The molecule has 1 unspecified atom stereocenters. The molecule has 1 spiro atoms. The molecule has 3 nitrogen and oxygen atoms in total. The van der Waals surface area contributed by atoms with E-state index in [0.717, 1.165) is 18.0 Å². The van der Waals surface area contributed by atoms with Crippen molar-refractivity contribution in [1.29, 1.82) is 0 Å². The van der Waals surface area contributed by atoms with Crippen LogP contribution in [0.3, 0.4) is 0 Å². The Bertz CT molecular complexity index is 946. The summed E-state index contributed by atoms with van der Waals surface area (Å²) in [6.45, 7) is 10.1. The maximum absolute atomic E-state index is 6.94. The Labute approximate surface area is 182 Å². The number of hydrogen-bond donors (Lipinski definition) is 0. The van der Waals surface area contributed by atoms with Crippen molar-refractivity contribution in [1.82, 2.24) is 0 Å². The largest absolute Gasteiger partial charge is 0.456 e. The molecule has 0 radical (unpaired) electrons. The average Bonchev–Trinajstić information content (AvgIpc) is 2.92. The Hall–Kier alpha value is -2.29. The quantitative estimate of drug-likeness (QED) is 0.410. The lowest BCUT2D eigenvalue weighted by molar-refractivity contribution is -0.680. The molecule has 3 heteroatoms. The van der Waals surface area contributed by atoms with Gasteiger partial charge < -0.3 is 9.64 Å². The van der Waals surface area contributed by atoms with Gasteiger partial charge in [0.25, 0.3) is 0 Å². The van der Waals surface area contributed by atoms with Crippen LogP contribution in [-0.4, -0.2) is 12.3 Å². The Kier molecular flexibility index (Phi) is 5.65. The van der Waals surface area contributed by atoms with Crippen LogP contribution in [0.2, 0.25) is 0 Å². The van der Waals surface area contributed by atoms with E-state index >= 15 is 0 Å². The third-order valence-corrected chi connectivity index (χ3v) is 7.25. The van der Waals surface area contributed by atoms with E-state index in [1.807, 2.05) is 0 Å². The molecule has 2 aliphatic rings. The first-order valence-corrected chi connectivity index (χ1v) is 11.7. The number of aromatic nitrogens is 1. The summed E-state index contributed by atoms with van der Waals surface area (Å²) in [7, 11) is 2.11. The molecular weight excluding hydrogens is 368 g/mol. The van der Waals surface area contributed by atoms with Crippen molar-refractivity contribution in [3.8, 4) is 5.75 Å². The second kappa shape index (κ2) is 8.09. The van der Waals surface area contributed by atoms with Gasteiger partial charge >= 0.3 is 0 Å². The molecular formula is C27H37N2O+. The van der Waals surface area contributed by atoms with Gasteiger partial charge in [0.05, 0.1) is 5.41 Å². The van der Waals surface area contributed by atoms with Crippen molar-refractivity contribution in [2.24, 2.45) is 7.05 Å². The molecule has 0 N–H and O–H groups in total. The predicted octanol–water partition coefficient (Wildman–Crippen LogP) is 6.08. The first-order chi connectivity index (χ1) is 14.4. The van der Waals surface area contributed by atoms with Gasteiger partial charge in [0.15, 0.2) is 11.4 Å². The highest BCUT2D eigenvalue weighted by molar-refractivity contribution is 5.71. The molecule has 2 aromatic rings. The number of ether oxygens (including phenoxy) is 1. The summed E-state index contributed by atoms with van der Waals surface area (Å²) in [5, 5.41) is 0. The van der Waals surface area contributed by atoms with Crippen LogP contribution in [0, 0.1) is 6.92 Å². The molecule has 1 aromatic carbocycles. The smallest absolute Gasteiger partial charge is 0.247 e. The SMILES string of the molecule is CCCCCCCCN1c2ccccc2C(C)(C)C12C=Cc1c(ccc(C)[n+]1C)O2. The molecule has 1 atom stereocenters. The van der Waals surface area contributed by atoms with Crippen LogP contribution in [0.4, 0.5) is 5.69 Å². The molecule has 0 saturated carbocycles. The highest BCUT2D eigenvalue weighted by atomic mass is 16.5. The van der Waals surface area contributed by atoms with E-state index in [9.17, 15) is 0 Å². The molecule has 0 saturated heterocycles. The monoisotopic (exact) mass is 405 g/mol. The summed E-state index contributed by atoms with van der Waals surface area (Å²) in [6.07, 6.45) is 12.4. The molecule has 160 valence electrons. The van der Waals surface area contributed by atoms with Crippen LogP contribution >= 0.6 is 0 Å². The number of pyridine rings is 1. The minimum absolute atomic E-state index is 0.149. The summed E-state index contributed by atoms with van der Waals surface area (Å²) in [5.74, 6) is 0.972. The van der Waals surface area contributed by atoms with Gasteiger partial charge in [0.1, 0.15) is 7.05 Å². The highest BCUT2D eigenvalue weighted by Crippen LogP contribution is 2.54. The topological polar surface area (TPSA) is 16.4 Å². The maximum Gasteiger partial charge on any atom is 0.247 e. The van der Waals surface area contributed by atoms with Gasteiger partial charge in [-0.05, 0) is 44.0 Å². The summed E-state index contributed by atoms with van der Waals surface area (Å²) in [5.41, 5.74) is 4.43. The van der Waals surface area contributed by atoms with Crippen molar-refractivity contribution in [2.45, 2.75) is 77.4 Å². The Morgan fingerprint density at radius 3 is 2.50 bits per heavy atom. The summed E-state index contributed by atoms with van der Waals surface area (Å²) in [4.78, 5) is 2.53. The zero-order chi connectivity index (χ0) is 21.4. The number of rotatable bonds is 7. The third-order valence-electron chi connectivity index (χ3n) is 7.25. The van der Waals surface area contributed by atoms with Crippen molar-refractivity contribution in [3.05, 3.63) is 59.4 Å². The predicted molar refractivity (Wildman–Crippen MR) is 125 cm³/mol. The third kappa shape index (κ3) is 3.23. The number of nitrogens with zero attached hydrogens (tertiary/aromatic N) is 2. The number of hydrogen-bond acceptors (Lipinski definition) is 2. The molecule has 3 heterocycles. The average molecular weight is 406 g/mol. The standard InChI is InChI=1S/C27H37N2O/c1-6-7-8-9-10-13-20-29-23-15-12-11-14-22(23)26(3,4)27(29)19-18-24-25(30-27)17-16-21(2)28(24)5/h11-12,14-19H,6-10,13,20H2,1-5H3/q+1. The zero-order valence-corrected chi connectivity index (χ0v) is 19.4. The minimum Gasteiger partial charge on any atom is -0.456 e. The van der Waals surface area contributed by atoms with E-state index in [1.54, 1.807) is 0 Å². The zero-order valence-electron chi connectivity index (χ0n) is 19.4. The normalized spacial score (nSPS) is 20.9. The maximum atomic E-state index is 6.94. The first-order valence-electron chi connectivity index (χ1n) is 11.7. The molecule has 1 aromatic heterocycles. The van der Waals surface area contributed by atoms with Gasteiger partial charge in [-0.2, -0.15) is 4.57 Å². The van der Waals surface area contributed by atoms with Crippen molar-refractivity contribution >= 4 is 11.8 Å². The Morgan fingerprint density at radius 2 is 1.70 bits per heavy atom.